The number of carbonyl (C=O) groups is 1. The molecule has 0 bridgehead atoms. The molecule has 1 aliphatic heterocycles. The molecule has 0 aliphatic carbocycles. The summed E-state index contributed by atoms with van der Waals surface area (Å²) < 4.78 is 6.85. The highest BCUT2D eigenvalue weighted by Crippen LogP contribution is 2.37. The van der Waals surface area contributed by atoms with E-state index in [1.807, 2.05) is 6.92 Å². The number of hydrogen-bond acceptors (Lipinski definition) is 8. The van der Waals surface area contributed by atoms with Crippen LogP contribution in [0.2, 0.25) is 0 Å². The van der Waals surface area contributed by atoms with E-state index in [-0.39, 0.29) is 12.3 Å². The lowest BCUT2D eigenvalue weighted by molar-refractivity contribution is -0.384. The SMILES string of the molecule is CCOC(=O)C1=C(C)Nc2nc(SCC)nn2[C@@H]1c1ccc([N+](=O)[O-])cc1. The molecule has 1 N–H and O–H groups in total. The number of esters is 1. The van der Waals surface area contributed by atoms with Crippen molar-refractivity contribution in [1.29, 1.82) is 0 Å². The number of nitrogens with one attached hydrogen (secondary N) is 1. The topological polar surface area (TPSA) is 112 Å². The van der Waals surface area contributed by atoms with E-state index in [0.717, 1.165) is 5.75 Å². The van der Waals surface area contributed by atoms with E-state index < -0.39 is 16.9 Å². The first-order valence-electron chi connectivity index (χ1n) is 8.44. The molecule has 1 atom stereocenters. The van der Waals surface area contributed by atoms with Gasteiger partial charge in [-0.2, -0.15) is 4.98 Å². The van der Waals surface area contributed by atoms with Crippen LogP contribution in [0.5, 0.6) is 0 Å². The van der Waals surface area contributed by atoms with Crippen molar-refractivity contribution in [2.45, 2.75) is 32.0 Å². The van der Waals surface area contributed by atoms with Gasteiger partial charge in [0.15, 0.2) is 0 Å². The van der Waals surface area contributed by atoms with E-state index in [1.165, 1.54) is 23.9 Å². The number of anilines is 1. The van der Waals surface area contributed by atoms with Crippen LogP contribution in [0.25, 0.3) is 0 Å². The minimum atomic E-state index is -0.584. The number of carbonyl (C=O) groups excluding carboxylic acids is 1. The zero-order valence-electron chi connectivity index (χ0n) is 15.1. The van der Waals surface area contributed by atoms with E-state index in [1.54, 1.807) is 30.7 Å². The number of fused-ring (bicyclic) bond motifs is 1. The van der Waals surface area contributed by atoms with Crippen molar-refractivity contribution >= 4 is 29.4 Å². The molecule has 27 heavy (non-hydrogen) atoms. The van der Waals surface area contributed by atoms with Crippen LogP contribution < -0.4 is 5.32 Å². The Bertz CT molecular complexity index is 907. The number of rotatable bonds is 6. The summed E-state index contributed by atoms with van der Waals surface area (Å²) in [5.41, 5.74) is 1.68. The second-order valence-corrected chi connectivity index (χ2v) is 6.96. The number of nitro benzene ring substituents is 1. The second-order valence-electron chi connectivity index (χ2n) is 5.73. The molecule has 0 saturated heterocycles. The minimum absolute atomic E-state index is 0.0212. The largest absolute Gasteiger partial charge is 0.463 e. The summed E-state index contributed by atoms with van der Waals surface area (Å²) in [4.78, 5) is 27.6. The molecule has 10 heteroatoms. The number of aromatic nitrogens is 3. The maximum atomic E-state index is 12.6. The lowest BCUT2D eigenvalue weighted by Gasteiger charge is -2.28. The van der Waals surface area contributed by atoms with Crippen molar-refractivity contribution in [2.24, 2.45) is 0 Å². The average molecular weight is 389 g/mol. The van der Waals surface area contributed by atoms with Crippen LogP contribution in [-0.2, 0) is 9.53 Å². The van der Waals surface area contributed by atoms with Crippen LogP contribution >= 0.6 is 11.8 Å². The summed E-state index contributed by atoms with van der Waals surface area (Å²) >= 11 is 1.49. The molecule has 142 valence electrons. The first-order chi connectivity index (χ1) is 13.0. The molecular formula is C17H19N5O4S. The van der Waals surface area contributed by atoms with Crippen LogP contribution in [-0.4, -0.2) is 38.0 Å². The summed E-state index contributed by atoms with van der Waals surface area (Å²) in [6.45, 7) is 5.75. The smallest absolute Gasteiger partial charge is 0.338 e. The van der Waals surface area contributed by atoms with Gasteiger partial charge in [0, 0.05) is 17.8 Å². The molecule has 0 unspecified atom stereocenters. The zero-order chi connectivity index (χ0) is 19.6. The molecule has 0 saturated carbocycles. The summed E-state index contributed by atoms with van der Waals surface area (Å²) in [5.74, 6) is 0.861. The monoisotopic (exact) mass is 389 g/mol. The summed E-state index contributed by atoms with van der Waals surface area (Å²) in [5, 5.41) is 19.2. The number of allylic oxidation sites excluding steroid dienone is 1. The van der Waals surface area contributed by atoms with Crippen LogP contribution in [0.15, 0.2) is 40.7 Å². The predicted octanol–water partition coefficient (Wildman–Crippen LogP) is 3.15. The lowest BCUT2D eigenvalue weighted by Crippen LogP contribution is -2.29. The molecule has 0 radical (unpaired) electrons. The molecule has 2 heterocycles. The van der Waals surface area contributed by atoms with Gasteiger partial charge >= 0.3 is 5.97 Å². The number of non-ortho nitro benzene ring substituents is 1. The van der Waals surface area contributed by atoms with Crippen molar-refractivity contribution in [3.8, 4) is 0 Å². The molecule has 0 fully saturated rings. The zero-order valence-corrected chi connectivity index (χ0v) is 15.9. The fraction of sp³-hybridized carbons (Fsp3) is 0.353. The number of nitro groups is 1. The van der Waals surface area contributed by atoms with E-state index in [0.29, 0.717) is 27.9 Å². The Kier molecular flexibility index (Phi) is 5.45. The second kappa shape index (κ2) is 7.78. The predicted molar refractivity (Wildman–Crippen MR) is 101 cm³/mol. The first kappa shape index (κ1) is 18.9. The number of ether oxygens (including phenoxy) is 1. The Morgan fingerprint density at radius 3 is 2.67 bits per heavy atom. The average Bonchev–Trinajstić information content (AvgIpc) is 3.03. The number of nitrogens with zero attached hydrogens (tertiary/aromatic N) is 4. The molecule has 2 aromatic rings. The van der Waals surface area contributed by atoms with Crippen LogP contribution in [0, 0.1) is 10.1 Å². The highest BCUT2D eigenvalue weighted by atomic mass is 32.2. The van der Waals surface area contributed by atoms with Crippen LogP contribution in [0.1, 0.15) is 32.4 Å². The number of thioether (sulfide) groups is 1. The molecule has 9 nitrogen and oxygen atoms in total. The molecule has 0 amide bonds. The third-order valence-corrected chi connectivity index (χ3v) is 4.74. The molecule has 1 aromatic carbocycles. The Hall–Kier alpha value is -2.88. The highest BCUT2D eigenvalue weighted by molar-refractivity contribution is 7.99. The van der Waals surface area contributed by atoms with Crippen molar-refractivity contribution in [3.63, 3.8) is 0 Å². The lowest BCUT2D eigenvalue weighted by atomic mass is 9.95. The van der Waals surface area contributed by atoms with Crippen molar-refractivity contribution in [1.82, 2.24) is 14.8 Å². The van der Waals surface area contributed by atoms with Gasteiger partial charge < -0.3 is 10.1 Å². The summed E-state index contributed by atoms with van der Waals surface area (Å²) in [7, 11) is 0. The fourth-order valence-electron chi connectivity index (χ4n) is 2.88. The van der Waals surface area contributed by atoms with Crippen LogP contribution in [0.3, 0.4) is 0 Å². The van der Waals surface area contributed by atoms with Gasteiger partial charge in [-0.3, -0.25) is 10.1 Å². The van der Waals surface area contributed by atoms with Crippen molar-refractivity contribution < 1.29 is 14.5 Å². The Morgan fingerprint density at radius 2 is 2.07 bits per heavy atom. The minimum Gasteiger partial charge on any atom is -0.463 e. The summed E-state index contributed by atoms with van der Waals surface area (Å²) in [6, 6.07) is 5.48. The molecular weight excluding hydrogens is 370 g/mol. The van der Waals surface area contributed by atoms with Crippen LogP contribution in [0.4, 0.5) is 11.6 Å². The standard InChI is InChI=1S/C17H19N5O4S/c1-4-26-15(23)13-10(3)18-16-19-17(27-5-2)20-21(16)14(13)11-6-8-12(9-7-11)22(24)25/h6-9,14H,4-5H2,1-3H3,(H,18,19,20)/t14-/m1/s1. The summed E-state index contributed by atoms with van der Waals surface area (Å²) in [6.07, 6.45) is 0. The Labute approximate surface area is 160 Å². The third kappa shape index (κ3) is 3.65. The quantitative estimate of drug-likeness (QED) is 0.347. The molecule has 3 rings (SSSR count). The van der Waals surface area contributed by atoms with Gasteiger partial charge in [0.1, 0.15) is 6.04 Å². The number of hydrogen-bond donors (Lipinski definition) is 1. The van der Waals surface area contributed by atoms with Gasteiger partial charge in [-0.1, -0.05) is 18.7 Å². The van der Waals surface area contributed by atoms with E-state index in [9.17, 15) is 14.9 Å². The van der Waals surface area contributed by atoms with Gasteiger partial charge in [0.25, 0.3) is 5.69 Å². The van der Waals surface area contributed by atoms with E-state index in [2.05, 4.69) is 15.4 Å². The maximum absolute atomic E-state index is 12.6. The van der Waals surface area contributed by atoms with Crippen molar-refractivity contribution in [3.05, 3.63) is 51.2 Å². The van der Waals surface area contributed by atoms with E-state index >= 15 is 0 Å². The Morgan fingerprint density at radius 1 is 1.37 bits per heavy atom. The normalized spacial score (nSPS) is 15.9. The van der Waals surface area contributed by atoms with Gasteiger partial charge in [-0.25, -0.2) is 9.48 Å². The highest BCUT2D eigenvalue weighted by Gasteiger charge is 2.35. The van der Waals surface area contributed by atoms with E-state index in [4.69, 9.17) is 4.74 Å². The number of benzene rings is 1. The molecule has 1 aliphatic rings. The maximum Gasteiger partial charge on any atom is 0.338 e. The van der Waals surface area contributed by atoms with Gasteiger partial charge in [0.05, 0.1) is 17.1 Å². The van der Waals surface area contributed by atoms with Crippen molar-refractivity contribution in [2.75, 3.05) is 17.7 Å². The molecule has 0 spiro atoms. The Balaban J connectivity index is 2.11. The third-order valence-electron chi connectivity index (χ3n) is 4.02. The molecule has 1 aromatic heterocycles. The van der Waals surface area contributed by atoms with Gasteiger partial charge in [-0.05, 0) is 37.3 Å². The first-order valence-corrected chi connectivity index (χ1v) is 9.43. The fourth-order valence-corrected chi connectivity index (χ4v) is 3.44. The van der Waals surface area contributed by atoms with Gasteiger partial charge in [0.2, 0.25) is 11.1 Å². The van der Waals surface area contributed by atoms with Gasteiger partial charge in [-0.15, -0.1) is 5.10 Å².